The van der Waals surface area contributed by atoms with Crippen LogP contribution >= 0.6 is 23.2 Å². The molecule has 144 valence electrons. The minimum atomic E-state index is -1.01. The van der Waals surface area contributed by atoms with E-state index in [1.165, 1.54) is 0 Å². The van der Waals surface area contributed by atoms with Gasteiger partial charge in [0.2, 0.25) is 0 Å². The lowest BCUT2D eigenvalue weighted by Gasteiger charge is -2.02. The van der Waals surface area contributed by atoms with Crippen LogP contribution < -0.4 is 0 Å². The van der Waals surface area contributed by atoms with E-state index in [1.807, 2.05) is 0 Å². The number of rotatable bonds is 6. The summed E-state index contributed by atoms with van der Waals surface area (Å²) in [6.07, 6.45) is 0. The van der Waals surface area contributed by atoms with Crippen LogP contribution in [0.2, 0.25) is 10.0 Å². The average Bonchev–Trinajstić information content (AvgIpc) is 2.59. The highest BCUT2D eigenvalue weighted by Crippen LogP contribution is 2.43. The van der Waals surface area contributed by atoms with E-state index >= 15 is 0 Å². The first-order valence-corrected chi connectivity index (χ1v) is 7.45. The molecule has 0 aromatic heterocycles. The van der Waals surface area contributed by atoms with E-state index in [0.717, 1.165) is 12.1 Å². The van der Waals surface area contributed by atoms with E-state index in [2.05, 4.69) is 10.2 Å². The Balaban J connectivity index is 2.67. The number of non-ortho nitro benzene ring substituents is 2. The molecule has 0 saturated carbocycles. The average molecular weight is 431 g/mol. The van der Waals surface area contributed by atoms with E-state index in [0.29, 0.717) is 12.1 Å². The first-order chi connectivity index (χ1) is 13.0. The highest BCUT2D eigenvalue weighted by molar-refractivity contribution is 6.34. The Morgan fingerprint density at radius 3 is 1.18 bits per heavy atom. The Labute approximate surface area is 162 Å². The Bertz CT molecular complexity index is 989. The maximum atomic E-state index is 11.1. The normalized spacial score (nSPS) is 10.8. The minimum absolute atomic E-state index is 0.523. The first-order valence-electron chi connectivity index (χ1n) is 6.69. The van der Waals surface area contributed by atoms with Gasteiger partial charge in [0.15, 0.2) is 11.4 Å². The van der Waals surface area contributed by atoms with Crippen molar-refractivity contribution in [3.8, 4) is 0 Å². The van der Waals surface area contributed by atoms with Crippen molar-refractivity contribution in [3.05, 3.63) is 74.8 Å². The Morgan fingerprint density at radius 2 is 0.929 bits per heavy atom. The van der Waals surface area contributed by atoms with Crippen LogP contribution in [0.15, 0.2) is 34.5 Å². The molecule has 0 aliphatic heterocycles. The molecule has 0 fully saturated rings. The first kappa shape index (κ1) is 20.5. The summed E-state index contributed by atoms with van der Waals surface area (Å²) >= 11 is 11.6. The Morgan fingerprint density at radius 1 is 0.607 bits per heavy atom. The summed E-state index contributed by atoms with van der Waals surface area (Å²) in [6, 6.07) is 2.70. The molecule has 0 aliphatic carbocycles. The van der Waals surface area contributed by atoms with E-state index < -0.39 is 63.9 Å². The zero-order valence-electron chi connectivity index (χ0n) is 13.0. The lowest BCUT2D eigenvalue weighted by molar-refractivity contribution is -0.394. The van der Waals surface area contributed by atoms with Gasteiger partial charge in [0.1, 0.15) is 0 Å². The summed E-state index contributed by atoms with van der Waals surface area (Å²) in [6.45, 7) is 0. The molecule has 28 heavy (non-hydrogen) atoms. The molecule has 0 amide bonds. The molecule has 2 aromatic rings. The van der Waals surface area contributed by atoms with E-state index in [9.17, 15) is 40.5 Å². The summed E-state index contributed by atoms with van der Waals surface area (Å²) in [4.78, 5) is 40.0. The molecule has 0 heterocycles. The second-order valence-corrected chi connectivity index (χ2v) is 5.63. The maximum Gasteiger partial charge on any atom is 0.305 e. The minimum Gasteiger partial charge on any atom is -0.258 e. The van der Waals surface area contributed by atoms with Gasteiger partial charge in [-0.05, 0) is 0 Å². The van der Waals surface area contributed by atoms with Crippen LogP contribution in [0.5, 0.6) is 0 Å². The van der Waals surface area contributed by atoms with Gasteiger partial charge in [0.25, 0.3) is 11.4 Å². The van der Waals surface area contributed by atoms with Crippen molar-refractivity contribution in [2.24, 2.45) is 10.2 Å². The lowest BCUT2D eigenvalue weighted by Crippen LogP contribution is -1.94. The van der Waals surface area contributed by atoms with Crippen LogP contribution in [0.25, 0.3) is 0 Å². The van der Waals surface area contributed by atoms with Gasteiger partial charge >= 0.3 is 11.4 Å². The molecular weight excluding hydrogens is 427 g/mol. The van der Waals surface area contributed by atoms with Crippen molar-refractivity contribution in [3.63, 3.8) is 0 Å². The van der Waals surface area contributed by atoms with Crippen molar-refractivity contribution >= 4 is 57.3 Å². The molecule has 0 spiro atoms. The number of hydrogen-bond donors (Lipinski definition) is 0. The summed E-state index contributed by atoms with van der Waals surface area (Å²) in [5.41, 5.74) is -4.39. The number of nitro groups is 4. The van der Waals surface area contributed by atoms with Crippen molar-refractivity contribution in [2.45, 2.75) is 0 Å². The smallest absolute Gasteiger partial charge is 0.258 e. The summed E-state index contributed by atoms with van der Waals surface area (Å²) in [7, 11) is 0. The Hall–Kier alpha value is -3.78. The van der Waals surface area contributed by atoms with Gasteiger partial charge in [-0.2, -0.15) is 0 Å². The third-order valence-corrected chi connectivity index (χ3v) is 3.70. The molecule has 14 nitrogen and oxygen atoms in total. The zero-order chi connectivity index (χ0) is 21.2. The molecule has 0 unspecified atom stereocenters. The molecule has 0 bridgehead atoms. The molecule has 0 aliphatic rings. The summed E-state index contributed by atoms with van der Waals surface area (Å²) in [5.74, 6) is 0. The van der Waals surface area contributed by atoms with Gasteiger partial charge < -0.3 is 0 Å². The third-order valence-electron chi connectivity index (χ3n) is 3.12. The van der Waals surface area contributed by atoms with Gasteiger partial charge in [0, 0.05) is 12.1 Å². The number of benzene rings is 2. The fraction of sp³-hybridized carbons (Fsp3) is 0. The molecule has 0 radical (unpaired) electrons. The highest BCUT2D eigenvalue weighted by Gasteiger charge is 2.26. The SMILES string of the molecule is O=[N+]([O-])c1cc(Cl)c(/N=N/c2c(Cl)cc([N+](=O)[O-])cc2[N+](=O)[O-])c([N+](=O)[O-])c1. The third kappa shape index (κ3) is 4.13. The van der Waals surface area contributed by atoms with Crippen LogP contribution in [0, 0.1) is 40.5 Å². The van der Waals surface area contributed by atoms with Crippen molar-refractivity contribution in [1.82, 2.24) is 0 Å². The predicted octanol–water partition coefficient (Wildman–Crippen LogP) is 5.04. The molecule has 2 aromatic carbocycles. The number of nitrogens with zero attached hydrogens (tertiary/aromatic N) is 6. The van der Waals surface area contributed by atoms with E-state index in [1.54, 1.807) is 0 Å². The van der Waals surface area contributed by atoms with Crippen molar-refractivity contribution in [2.75, 3.05) is 0 Å². The van der Waals surface area contributed by atoms with Gasteiger partial charge in [-0.25, -0.2) is 0 Å². The van der Waals surface area contributed by atoms with Crippen LogP contribution in [0.3, 0.4) is 0 Å². The topological polar surface area (TPSA) is 197 Å². The molecule has 0 N–H and O–H groups in total. The monoisotopic (exact) mass is 430 g/mol. The largest absolute Gasteiger partial charge is 0.305 e. The highest BCUT2D eigenvalue weighted by atomic mass is 35.5. The quantitative estimate of drug-likeness (QED) is 0.344. The standard InChI is InChI=1S/C12H4Cl2N6O8/c13-7-1-5(17(21)22)3-9(19(25)26)11(7)15-16-12-8(14)2-6(18(23)24)4-10(12)20(27)28/h1-4H/b16-15+. The second kappa shape index (κ2) is 7.85. The summed E-state index contributed by atoms with van der Waals surface area (Å²) in [5, 5.41) is 49.7. The zero-order valence-corrected chi connectivity index (χ0v) is 14.5. The molecule has 0 saturated heterocycles. The molecular formula is C12H4Cl2N6O8. The molecule has 16 heteroatoms. The fourth-order valence-electron chi connectivity index (χ4n) is 1.93. The van der Waals surface area contributed by atoms with Crippen LogP contribution in [-0.4, -0.2) is 19.7 Å². The van der Waals surface area contributed by atoms with Gasteiger partial charge in [-0.15, -0.1) is 10.2 Å². The fourth-order valence-corrected chi connectivity index (χ4v) is 2.42. The second-order valence-electron chi connectivity index (χ2n) is 4.82. The van der Waals surface area contributed by atoms with Gasteiger partial charge in [-0.3, -0.25) is 40.5 Å². The summed E-state index contributed by atoms with van der Waals surface area (Å²) < 4.78 is 0. The number of nitro benzene ring substituents is 4. The Kier molecular flexibility index (Phi) is 5.75. The number of azo groups is 1. The maximum absolute atomic E-state index is 11.1. The number of halogens is 2. The van der Waals surface area contributed by atoms with E-state index in [-0.39, 0.29) is 0 Å². The molecule has 2 rings (SSSR count). The van der Waals surface area contributed by atoms with Crippen LogP contribution in [0.4, 0.5) is 34.1 Å². The molecule has 0 atom stereocenters. The van der Waals surface area contributed by atoms with Gasteiger partial charge in [-0.1, -0.05) is 23.2 Å². The van der Waals surface area contributed by atoms with Crippen LogP contribution in [-0.2, 0) is 0 Å². The van der Waals surface area contributed by atoms with Gasteiger partial charge in [0.05, 0.1) is 41.9 Å². The number of hydrogen-bond acceptors (Lipinski definition) is 10. The van der Waals surface area contributed by atoms with E-state index in [4.69, 9.17) is 23.2 Å². The van der Waals surface area contributed by atoms with Crippen LogP contribution in [0.1, 0.15) is 0 Å². The lowest BCUT2D eigenvalue weighted by atomic mass is 10.2. The van der Waals surface area contributed by atoms with Crippen molar-refractivity contribution < 1.29 is 19.7 Å². The predicted molar refractivity (Wildman–Crippen MR) is 93.7 cm³/mol. The van der Waals surface area contributed by atoms with Crippen molar-refractivity contribution in [1.29, 1.82) is 0 Å².